The highest BCUT2D eigenvalue weighted by Gasteiger charge is 2.92. The van der Waals surface area contributed by atoms with E-state index in [0.717, 1.165) is 46.6 Å². The minimum Gasteiger partial charge on any atom is -0.456 e. The number of anilines is 1. The first-order valence-electron chi connectivity index (χ1n) is 43.4. The Hall–Kier alpha value is -8.55. The van der Waals surface area contributed by atoms with Crippen molar-refractivity contribution in [3.05, 3.63) is 71.6 Å². The smallest absolute Gasteiger partial charge is 0.456 e. The SMILES string of the molecule is Cl.NCCCCCCN(CC(N)=O)C(=O)CN(CCCCCCN)C(=O)CN(CCCCCCN)C(=O)CN(CCCCCCN)C(=O)CN(CCCCCCN)C(=O)CN(CCCCCCN)C(=O)c1ccccc1-c1c2ccc(=NCCC(F)(F)C(F)(F)C(F)(F)C(F)(F)C(F)(F)C(F)(F)F)cc-2oc2cc(NCCC(F)(F)C(F)(F)C(F)(F)C(F)(F)C(F)(F)C(F)(F)F)ccc12. The van der Waals surface area contributed by atoms with E-state index in [1.807, 2.05) is 5.32 Å². The highest BCUT2D eigenvalue weighted by Crippen LogP contribution is 2.63. The van der Waals surface area contributed by atoms with Crippen LogP contribution in [-0.4, -0.2) is 273 Å². The van der Waals surface area contributed by atoms with Crippen LogP contribution in [0.15, 0.2) is 70.1 Å². The van der Waals surface area contributed by atoms with Crippen molar-refractivity contribution in [2.75, 3.05) is 136 Å². The van der Waals surface area contributed by atoms with Gasteiger partial charge in [0.05, 0.1) is 38.1 Å². The monoisotopic (exact) mass is 1990 g/mol. The van der Waals surface area contributed by atoms with E-state index >= 15 is 36.7 Å². The molecule has 0 radical (unpaired) electrons. The number of rotatable bonds is 65. The van der Waals surface area contributed by atoms with Crippen LogP contribution in [0.1, 0.15) is 177 Å². The zero-order valence-corrected chi connectivity index (χ0v) is 74.3. The van der Waals surface area contributed by atoms with Gasteiger partial charge in [-0.15, -0.1) is 12.4 Å². The number of nitrogens with two attached hydrogens (primary N) is 7. The lowest BCUT2D eigenvalue weighted by atomic mass is 9.90. The van der Waals surface area contributed by atoms with Crippen LogP contribution in [0.2, 0.25) is 0 Å². The second-order valence-corrected chi connectivity index (χ2v) is 32.2. The van der Waals surface area contributed by atoms with Gasteiger partial charge < -0.3 is 79.3 Å². The number of unbranched alkanes of at least 4 members (excludes halogenated alkanes) is 18. The molecule has 0 unspecified atom stereocenters. The summed E-state index contributed by atoms with van der Waals surface area (Å²) in [6.07, 6.45) is -9.05. The van der Waals surface area contributed by atoms with Gasteiger partial charge in [-0.2, -0.15) is 114 Å². The number of carbonyl (C=O) groups excluding carboxylic acids is 7. The molecule has 1 aliphatic carbocycles. The Morgan fingerprint density at radius 3 is 0.993 bits per heavy atom. The summed E-state index contributed by atoms with van der Waals surface area (Å²) in [6.45, 7) is -6.02. The fraction of sp³-hybridized carbons (Fsp3) is 0.690. The van der Waals surface area contributed by atoms with Crippen molar-refractivity contribution in [1.82, 2.24) is 29.4 Å². The average Bonchev–Trinajstić information content (AvgIpc) is 0.715. The summed E-state index contributed by atoms with van der Waals surface area (Å²) in [6, 6.07) is 10.0. The van der Waals surface area contributed by atoms with Crippen LogP contribution in [0.3, 0.4) is 0 Å². The maximum Gasteiger partial charge on any atom is 0.460 e. The first-order chi connectivity index (χ1) is 62.0. The molecule has 0 atom stereocenters. The van der Waals surface area contributed by atoms with Crippen LogP contribution in [-0.2, 0) is 28.8 Å². The second-order valence-electron chi connectivity index (χ2n) is 32.2. The van der Waals surface area contributed by atoms with E-state index in [9.17, 15) is 111 Å². The van der Waals surface area contributed by atoms with Crippen LogP contribution < -0.4 is 50.8 Å². The third-order valence-corrected chi connectivity index (χ3v) is 21.9. The van der Waals surface area contributed by atoms with E-state index in [1.54, 1.807) is 0 Å². The molecule has 50 heteroatoms. The molecular formula is C84H118ClF26N15O8. The van der Waals surface area contributed by atoms with E-state index in [2.05, 4.69) is 4.99 Å². The molecule has 0 fully saturated rings. The minimum absolute atomic E-state index is 0. The standard InChI is InChI=1S/C84H117F26N15O8.ClH/c85-73(86,75(89,90)77(93,94)79(97,98)81(101,102)83(105,106)107)33-41-118-57-29-31-61-63(49-57)133-64-50-58(119-42-34-74(87,88)76(91,92)78(95,96)80(99,100)82(103,104)84(108,109)110)30-32-62(64)71(61)59-27-13-14-28-60(59)72(132)125(48-26-12-6-20-40-116)56-70(131)124(47-25-11-5-19-39-115)55-69(130)123(46-24-10-4-18-38-114)54-68(129)122(45-23-9-3-17-37-113)53-67(128)121(44-22-8-2-16-36-112)52-66(127)120(51-65(117)126)43-21-7-1-15-35-111;/h13-14,27-32,49-50,118H,1-12,15-26,33-48,51-56,111-116H2,(H2,117,126);1H. The number of hydrogen-bond acceptors (Lipinski definition) is 16. The fourth-order valence-corrected chi connectivity index (χ4v) is 14.1. The highest BCUT2D eigenvalue weighted by molar-refractivity contribution is 6.10. The molecule has 2 aromatic carbocycles. The van der Waals surface area contributed by atoms with Gasteiger partial charge in [0.2, 0.25) is 35.4 Å². The highest BCUT2D eigenvalue weighted by atomic mass is 35.5. The Kier molecular flexibility index (Phi) is 47.7. The van der Waals surface area contributed by atoms with Crippen LogP contribution >= 0.6 is 12.4 Å². The van der Waals surface area contributed by atoms with Crippen LogP contribution in [0.25, 0.3) is 33.4 Å². The lowest BCUT2D eigenvalue weighted by molar-refractivity contribution is -0.440. The van der Waals surface area contributed by atoms with Gasteiger partial charge >= 0.3 is 71.6 Å². The molecule has 15 N–H and O–H groups in total. The lowest BCUT2D eigenvalue weighted by Crippen LogP contribution is -2.70. The molecular weight excluding hydrogens is 1880 g/mol. The predicted octanol–water partition coefficient (Wildman–Crippen LogP) is 15.4. The maximum absolute atomic E-state index is 15.8. The minimum atomic E-state index is -8.26. The summed E-state index contributed by atoms with van der Waals surface area (Å²) in [5.74, 6) is -83.8. The Morgan fingerprint density at radius 1 is 0.336 bits per heavy atom. The third-order valence-electron chi connectivity index (χ3n) is 21.9. The Morgan fingerprint density at radius 2 is 0.649 bits per heavy atom. The average molecular weight is 2000 g/mol. The van der Waals surface area contributed by atoms with Crippen molar-refractivity contribution in [3.63, 3.8) is 0 Å². The van der Waals surface area contributed by atoms with Crippen molar-refractivity contribution in [3.8, 4) is 22.5 Å². The molecule has 766 valence electrons. The van der Waals surface area contributed by atoms with Gasteiger partial charge in [0.15, 0.2) is 0 Å². The van der Waals surface area contributed by atoms with Gasteiger partial charge in [-0.25, -0.2) is 0 Å². The summed E-state index contributed by atoms with van der Waals surface area (Å²) in [4.78, 5) is 114. The van der Waals surface area contributed by atoms with Crippen molar-refractivity contribution < 1.29 is 152 Å². The van der Waals surface area contributed by atoms with E-state index < -0.39 is 201 Å². The summed E-state index contributed by atoms with van der Waals surface area (Å²) in [5.41, 5.74) is 37.8. The molecule has 23 nitrogen and oxygen atoms in total. The van der Waals surface area contributed by atoms with Gasteiger partial charge in [0, 0.05) is 105 Å². The number of primary amides is 1. The molecule has 0 aromatic heterocycles. The second kappa shape index (κ2) is 53.4. The first kappa shape index (κ1) is 120. The lowest BCUT2D eigenvalue weighted by Gasteiger charge is -2.39. The molecule has 1 aliphatic heterocycles. The van der Waals surface area contributed by atoms with Gasteiger partial charge in [-0.3, -0.25) is 38.6 Å². The first-order valence-corrected chi connectivity index (χ1v) is 43.4. The molecule has 0 bridgehead atoms. The summed E-state index contributed by atoms with van der Waals surface area (Å²) in [5, 5.41) is 0.929. The fourth-order valence-electron chi connectivity index (χ4n) is 14.1. The van der Waals surface area contributed by atoms with Gasteiger partial charge in [-0.1, -0.05) is 95.2 Å². The normalized spacial score (nSPS) is 13.2. The number of nitrogens with zero attached hydrogens (tertiary/aromatic N) is 7. The summed E-state index contributed by atoms with van der Waals surface area (Å²) >= 11 is 0. The predicted molar refractivity (Wildman–Crippen MR) is 448 cm³/mol. The summed E-state index contributed by atoms with van der Waals surface area (Å²) < 4.78 is 373. The molecule has 0 saturated heterocycles. The topological polar surface area (TPSA) is 359 Å². The summed E-state index contributed by atoms with van der Waals surface area (Å²) in [7, 11) is 0. The number of halogens is 27. The molecule has 2 aromatic rings. The molecule has 134 heavy (non-hydrogen) atoms. The van der Waals surface area contributed by atoms with Crippen molar-refractivity contribution in [2.24, 2.45) is 45.1 Å². The number of amides is 7. The van der Waals surface area contributed by atoms with E-state index in [1.165, 1.54) is 43.9 Å². The van der Waals surface area contributed by atoms with E-state index in [0.29, 0.717) is 161 Å². The van der Waals surface area contributed by atoms with Crippen LogP contribution in [0.4, 0.5) is 120 Å². The van der Waals surface area contributed by atoms with Gasteiger partial charge in [-0.05, 0) is 152 Å². The van der Waals surface area contributed by atoms with Gasteiger partial charge in [0.1, 0.15) is 17.9 Å². The Labute approximate surface area is 763 Å². The number of hydrogen-bond donors (Lipinski definition) is 8. The molecule has 4 rings (SSSR count). The molecule has 2 aliphatic rings. The van der Waals surface area contributed by atoms with E-state index in [-0.39, 0.29) is 112 Å². The Balaban J connectivity index is 0.0000462. The number of fused-ring (bicyclic) bond motifs is 2. The quantitative estimate of drug-likeness (QED) is 0.0116. The number of nitrogens with one attached hydrogen (secondary N) is 1. The van der Waals surface area contributed by atoms with Crippen molar-refractivity contribution in [1.29, 1.82) is 0 Å². The maximum atomic E-state index is 15.8. The molecule has 1 heterocycles. The van der Waals surface area contributed by atoms with Gasteiger partial charge in [0.25, 0.3) is 5.91 Å². The zero-order valence-electron chi connectivity index (χ0n) is 73.5. The third kappa shape index (κ3) is 31.5. The van der Waals surface area contributed by atoms with Crippen molar-refractivity contribution in [2.45, 2.75) is 239 Å². The number of alkyl halides is 26. The van der Waals surface area contributed by atoms with Crippen LogP contribution in [0.5, 0.6) is 0 Å². The molecule has 7 amide bonds. The van der Waals surface area contributed by atoms with Crippen LogP contribution in [0, 0.1) is 0 Å². The molecule has 0 spiro atoms. The van der Waals surface area contributed by atoms with Crippen molar-refractivity contribution >= 4 is 70.4 Å². The molecule has 0 saturated carbocycles. The number of benzene rings is 3. The largest absolute Gasteiger partial charge is 0.460 e. The number of carbonyl (C=O) groups is 7. The zero-order chi connectivity index (χ0) is 100. The Bertz CT molecular complexity index is 4370. The van der Waals surface area contributed by atoms with E-state index in [4.69, 9.17) is 44.6 Å².